The summed E-state index contributed by atoms with van der Waals surface area (Å²) in [5, 5.41) is 3.95. The lowest BCUT2D eigenvalue weighted by atomic mass is 10.2. The number of hydrogen-bond donors (Lipinski definition) is 1. The van der Waals surface area contributed by atoms with Gasteiger partial charge in [-0.05, 0) is 31.2 Å². The molecule has 0 saturated heterocycles. The van der Waals surface area contributed by atoms with Crippen LogP contribution in [0.15, 0.2) is 40.1 Å². The Kier molecular flexibility index (Phi) is 6.30. The van der Waals surface area contributed by atoms with Crippen LogP contribution < -0.4 is 5.32 Å². The molecular formula is C15H17ClN2O3S. The summed E-state index contributed by atoms with van der Waals surface area (Å²) in [5.74, 6) is 0.808. The van der Waals surface area contributed by atoms with Crippen LogP contribution in [-0.2, 0) is 9.53 Å². The van der Waals surface area contributed by atoms with Crippen LogP contribution in [0.25, 0.3) is 11.3 Å². The standard InChI is InChI=1S/C15H17ClN2O3S/c1-10(8-20-2)18-14(19)9-22-15-17-7-13(21-15)11-3-5-12(16)6-4-11/h3-7,10H,8-9H2,1-2H3,(H,18,19)/t10-/m0/s1. The fraction of sp³-hybridized carbons (Fsp3) is 0.333. The summed E-state index contributed by atoms with van der Waals surface area (Å²) in [5.41, 5.74) is 0.891. The topological polar surface area (TPSA) is 64.4 Å². The number of benzene rings is 1. The maximum atomic E-state index is 11.7. The molecule has 1 aromatic heterocycles. The first-order chi connectivity index (χ1) is 10.6. The lowest BCUT2D eigenvalue weighted by Crippen LogP contribution is -2.36. The highest BCUT2D eigenvalue weighted by molar-refractivity contribution is 7.99. The summed E-state index contributed by atoms with van der Waals surface area (Å²) < 4.78 is 10.6. The fourth-order valence-electron chi connectivity index (χ4n) is 1.81. The monoisotopic (exact) mass is 340 g/mol. The molecule has 1 heterocycles. The second-order valence-corrected chi connectivity index (χ2v) is 6.07. The van der Waals surface area contributed by atoms with Crippen molar-refractivity contribution >= 4 is 29.3 Å². The van der Waals surface area contributed by atoms with Gasteiger partial charge in [0, 0.05) is 23.7 Å². The predicted octanol–water partition coefficient (Wildman–Crippen LogP) is 3.24. The number of carbonyl (C=O) groups excluding carboxylic acids is 1. The van der Waals surface area contributed by atoms with Crippen molar-refractivity contribution in [1.82, 2.24) is 10.3 Å². The summed E-state index contributed by atoms with van der Waals surface area (Å²) in [6.07, 6.45) is 1.64. The van der Waals surface area contributed by atoms with Gasteiger partial charge in [-0.2, -0.15) is 0 Å². The van der Waals surface area contributed by atoms with Gasteiger partial charge in [0.15, 0.2) is 5.76 Å². The second kappa shape index (κ2) is 8.22. The SMILES string of the molecule is COC[C@H](C)NC(=O)CSc1ncc(-c2ccc(Cl)cc2)o1. The Labute approximate surface area is 138 Å². The van der Waals surface area contributed by atoms with Crippen molar-refractivity contribution in [2.75, 3.05) is 19.5 Å². The predicted molar refractivity (Wildman–Crippen MR) is 87.2 cm³/mol. The quantitative estimate of drug-likeness (QED) is 0.784. The molecule has 0 aliphatic carbocycles. The molecule has 0 saturated carbocycles. The molecule has 0 aliphatic rings. The zero-order valence-corrected chi connectivity index (χ0v) is 13.9. The number of halogens is 1. The summed E-state index contributed by atoms with van der Waals surface area (Å²) in [6.45, 7) is 2.37. The van der Waals surface area contributed by atoms with Gasteiger partial charge in [0.1, 0.15) is 0 Å². The van der Waals surface area contributed by atoms with E-state index >= 15 is 0 Å². The summed E-state index contributed by atoms with van der Waals surface area (Å²) in [7, 11) is 1.60. The Morgan fingerprint density at radius 1 is 1.45 bits per heavy atom. The first-order valence-corrected chi connectivity index (χ1v) is 8.07. The molecule has 0 bridgehead atoms. The number of methoxy groups -OCH3 is 1. The van der Waals surface area contributed by atoms with E-state index in [9.17, 15) is 4.79 Å². The van der Waals surface area contributed by atoms with E-state index in [1.54, 1.807) is 25.4 Å². The Morgan fingerprint density at radius 3 is 2.86 bits per heavy atom. The third kappa shape index (κ3) is 5.05. The summed E-state index contributed by atoms with van der Waals surface area (Å²) >= 11 is 7.10. The highest BCUT2D eigenvalue weighted by Crippen LogP contribution is 2.26. The highest BCUT2D eigenvalue weighted by atomic mass is 35.5. The average molecular weight is 341 g/mol. The molecule has 0 aliphatic heterocycles. The molecule has 1 N–H and O–H groups in total. The Balaban J connectivity index is 1.87. The fourth-order valence-corrected chi connectivity index (χ4v) is 2.55. The second-order valence-electron chi connectivity index (χ2n) is 4.71. The van der Waals surface area contributed by atoms with Gasteiger partial charge < -0.3 is 14.5 Å². The molecule has 7 heteroatoms. The largest absolute Gasteiger partial charge is 0.431 e. The minimum atomic E-state index is -0.0826. The van der Waals surface area contributed by atoms with Crippen LogP contribution in [0.5, 0.6) is 0 Å². The Hall–Kier alpha value is -1.50. The zero-order chi connectivity index (χ0) is 15.9. The molecule has 1 amide bonds. The molecule has 0 spiro atoms. The number of oxazole rings is 1. The maximum Gasteiger partial charge on any atom is 0.256 e. The third-order valence-electron chi connectivity index (χ3n) is 2.76. The molecule has 2 aromatic rings. The third-order valence-corrected chi connectivity index (χ3v) is 3.86. The van der Waals surface area contributed by atoms with Crippen LogP contribution in [0.1, 0.15) is 6.92 Å². The van der Waals surface area contributed by atoms with Gasteiger partial charge in [0.05, 0.1) is 18.6 Å². The van der Waals surface area contributed by atoms with Gasteiger partial charge in [0.25, 0.3) is 5.22 Å². The van der Waals surface area contributed by atoms with E-state index in [0.717, 1.165) is 5.56 Å². The molecule has 0 radical (unpaired) electrons. The normalized spacial score (nSPS) is 12.1. The van der Waals surface area contributed by atoms with Gasteiger partial charge >= 0.3 is 0 Å². The number of carbonyl (C=O) groups is 1. The van der Waals surface area contributed by atoms with Crippen molar-refractivity contribution in [3.05, 3.63) is 35.5 Å². The Morgan fingerprint density at radius 2 is 2.18 bits per heavy atom. The van der Waals surface area contributed by atoms with Crippen LogP contribution in [-0.4, -0.2) is 36.4 Å². The highest BCUT2D eigenvalue weighted by Gasteiger charge is 2.11. The van der Waals surface area contributed by atoms with Crippen LogP contribution in [0.3, 0.4) is 0 Å². The molecule has 2 rings (SSSR count). The number of nitrogens with one attached hydrogen (secondary N) is 1. The van der Waals surface area contributed by atoms with Crippen molar-refractivity contribution in [2.24, 2.45) is 0 Å². The molecule has 22 heavy (non-hydrogen) atoms. The number of aromatic nitrogens is 1. The van der Waals surface area contributed by atoms with E-state index in [4.69, 9.17) is 20.8 Å². The van der Waals surface area contributed by atoms with Crippen molar-refractivity contribution in [2.45, 2.75) is 18.2 Å². The lowest BCUT2D eigenvalue weighted by Gasteiger charge is -2.11. The van der Waals surface area contributed by atoms with E-state index in [1.165, 1.54) is 11.8 Å². The number of rotatable bonds is 7. The Bertz CT molecular complexity index is 616. The van der Waals surface area contributed by atoms with E-state index in [-0.39, 0.29) is 17.7 Å². The van der Waals surface area contributed by atoms with Crippen molar-refractivity contribution in [1.29, 1.82) is 0 Å². The average Bonchev–Trinajstić information content (AvgIpc) is 2.95. The van der Waals surface area contributed by atoms with Gasteiger partial charge in [-0.15, -0.1) is 0 Å². The maximum absolute atomic E-state index is 11.7. The van der Waals surface area contributed by atoms with Crippen LogP contribution in [0.2, 0.25) is 5.02 Å². The zero-order valence-electron chi connectivity index (χ0n) is 12.3. The molecule has 1 aromatic carbocycles. The molecule has 0 fully saturated rings. The van der Waals surface area contributed by atoms with Crippen molar-refractivity contribution in [3.8, 4) is 11.3 Å². The van der Waals surface area contributed by atoms with E-state index < -0.39 is 0 Å². The smallest absolute Gasteiger partial charge is 0.256 e. The summed E-state index contributed by atoms with van der Waals surface area (Å²) in [4.78, 5) is 15.9. The first-order valence-electron chi connectivity index (χ1n) is 6.71. The number of hydrogen-bond acceptors (Lipinski definition) is 5. The van der Waals surface area contributed by atoms with E-state index in [0.29, 0.717) is 22.6 Å². The molecule has 1 atom stereocenters. The first kappa shape index (κ1) is 16.9. The van der Waals surface area contributed by atoms with Crippen LogP contribution >= 0.6 is 23.4 Å². The number of nitrogens with zero attached hydrogens (tertiary/aromatic N) is 1. The minimum Gasteiger partial charge on any atom is -0.431 e. The number of thioether (sulfide) groups is 1. The minimum absolute atomic E-state index is 0.0210. The van der Waals surface area contributed by atoms with E-state index in [2.05, 4.69) is 10.3 Å². The van der Waals surface area contributed by atoms with Gasteiger partial charge in [-0.1, -0.05) is 23.4 Å². The van der Waals surface area contributed by atoms with Gasteiger partial charge in [-0.25, -0.2) is 4.98 Å². The van der Waals surface area contributed by atoms with Crippen molar-refractivity contribution in [3.63, 3.8) is 0 Å². The van der Waals surface area contributed by atoms with Crippen molar-refractivity contribution < 1.29 is 13.9 Å². The lowest BCUT2D eigenvalue weighted by molar-refractivity contribution is -0.119. The van der Waals surface area contributed by atoms with Gasteiger partial charge in [0.2, 0.25) is 5.91 Å². The number of amides is 1. The molecule has 5 nitrogen and oxygen atoms in total. The molecule has 118 valence electrons. The van der Waals surface area contributed by atoms with Crippen LogP contribution in [0, 0.1) is 0 Å². The summed E-state index contributed by atoms with van der Waals surface area (Å²) in [6, 6.07) is 7.27. The number of ether oxygens (including phenoxy) is 1. The van der Waals surface area contributed by atoms with Gasteiger partial charge in [-0.3, -0.25) is 4.79 Å². The molecule has 0 unspecified atom stereocenters. The van der Waals surface area contributed by atoms with Crippen LogP contribution in [0.4, 0.5) is 0 Å². The van der Waals surface area contributed by atoms with E-state index in [1.807, 2.05) is 19.1 Å². The molecular weight excluding hydrogens is 324 g/mol.